The Kier molecular flexibility index (Phi) is 5.59. The summed E-state index contributed by atoms with van der Waals surface area (Å²) in [5, 5.41) is 0.750. The molecule has 0 atom stereocenters. The van der Waals surface area contributed by atoms with Crippen LogP contribution < -0.4 is 10.2 Å². The molecular weight excluding hydrogens is 406 g/mol. The lowest BCUT2D eigenvalue weighted by Gasteiger charge is -2.21. The molecule has 0 saturated heterocycles. The van der Waals surface area contributed by atoms with Crippen molar-refractivity contribution in [2.45, 2.75) is 13.1 Å². The zero-order valence-electron chi connectivity index (χ0n) is 16.1. The van der Waals surface area contributed by atoms with Gasteiger partial charge >= 0.3 is 0 Å². The zero-order chi connectivity index (χ0) is 21.1. The third kappa shape index (κ3) is 4.23. The van der Waals surface area contributed by atoms with Crippen LogP contribution in [0.15, 0.2) is 80.6 Å². The van der Waals surface area contributed by atoms with Crippen molar-refractivity contribution >= 4 is 28.5 Å². The van der Waals surface area contributed by atoms with Gasteiger partial charge in [0.05, 0.1) is 25.3 Å². The van der Waals surface area contributed by atoms with Crippen LogP contribution in [0.4, 0.5) is 0 Å². The maximum Gasteiger partial charge on any atom is 0.290 e. The van der Waals surface area contributed by atoms with Gasteiger partial charge in [0.15, 0.2) is 11.2 Å². The van der Waals surface area contributed by atoms with Crippen LogP contribution in [0.3, 0.4) is 0 Å². The first kappa shape index (κ1) is 19.8. The molecule has 0 N–H and O–H groups in total. The molecule has 0 unspecified atom stereocenters. The highest BCUT2D eigenvalue weighted by Gasteiger charge is 2.21. The van der Waals surface area contributed by atoms with E-state index in [2.05, 4.69) is 0 Å². The lowest BCUT2D eigenvalue weighted by atomic mass is 10.1. The Morgan fingerprint density at radius 3 is 2.57 bits per heavy atom. The van der Waals surface area contributed by atoms with Crippen LogP contribution in [0.5, 0.6) is 5.75 Å². The molecule has 4 rings (SSSR count). The molecule has 0 radical (unpaired) electrons. The summed E-state index contributed by atoms with van der Waals surface area (Å²) < 4.78 is 16.3. The summed E-state index contributed by atoms with van der Waals surface area (Å²) >= 11 is 5.96. The minimum absolute atomic E-state index is 0.0464. The van der Waals surface area contributed by atoms with Crippen LogP contribution in [-0.4, -0.2) is 17.9 Å². The van der Waals surface area contributed by atoms with Gasteiger partial charge in [-0.1, -0.05) is 23.7 Å². The van der Waals surface area contributed by atoms with Crippen molar-refractivity contribution < 1.29 is 18.4 Å². The number of rotatable bonds is 6. The lowest BCUT2D eigenvalue weighted by Crippen LogP contribution is -2.30. The van der Waals surface area contributed by atoms with Gasteiger partial charge in [-0.05, 0) is 48.0 Å². The van der Waals surface area contributed by atoms with E-state index in [0.717, 1.165) is 11.3 Å². The number of carbonyl (C=O) groups excluding carboxylic acids is 1. The predicted octanol–water partition coefficient (Wildman–Crippen LogP) is 4.89. The van der Waals surface area contributed by atoms with E-state index in [1.807, 2.05) is 24.3 Å². The van der Waals surface area contributed by atoms with E-state index < -0.39 is 5.91 Å². The molecule has 2 heterocycles. The van der Waals surface area contributed by atoms with Gasteiger partial charge in [0.25, 0.3) is 5.91 Å². The van der Waals surface area contributed by atoms with Gasteiger partial charge in [-0.2, -0.15) is 0 Å². The van der Waals surface area contributed by atoms with Crippen molar-refractivity contribution in [3.63, 3.8) is 0 Å². The topological polar surface area (TPSA) is 72.9 Å². The summed E-state index contributed by atoms with van der Waals surface area (Å²) in [5.41, 5.74) is 0.868. The molecule has 4 aromatic rings. The largest absolute Gasteiger partial charge is 0.497 e. The smallest absolute Gasteiger partial charge is 0.290 e. The maximum absolute atomic E-state index is 13.3. The number of hydrogen-bond acceptors (Lipinski definition) is 5. The number of nitrogens with zero attached hydrogens (tertiary/aromatic N) is 1. The molecule has 1 amide bonds. The Morgan fingerprint density at radius 2 is 1.87 bits per heavy atom. The molecule has 30 heavy (non-hydrogen) atoms. The first-order valence-electron chi connectivity index (χ1n) is 9.21. The Balaban J connectivity index is 1.68. The van der Waals surface area contributed by atoms with Crippen molar-refractivity contribution in [3.05, 3.63) is 99.3 Å². The van der Waals surface area contributed by atoms with E-state index in [9.17, 15) is 9.59 Å². The molecule has 7 heteroatoms. The summed E-state index contributed by atoms with van der Waals surface area (Å²) in [6.07, 6.45) is 1.55. The average Bonchev–Trinajstić information content (AvgIpc) is 3.27. The van der Waals surface area contributed by atoms with Crippen molar-refractivity contribution in [1.82, 2.24) is 4.90 Å². The minimum atomic E-state index is -0.420. The Morgan fingerprint density at radius 1 is 1.07 bits per heavy atom. The van der Waals surface area contributed by atoms with Gasteiger partial charge in [-0.3, -0.25) is 9.59 Å². The van der Waals surface area contributed by atoms with Gasteiger partial charge in [0, 0.05) is 17.6 Å². The third-order valence-corrected chi connectivity index (χ3v) is 4.88. The number of hydrogen-bond donors (Lipinski definition) is 0. The molecule has 0 aliphatic rings. The molecule has 0 bridgehead atoms. The molecule has 0 saturated carbocycles. The van der Waals surface area contributed by atoms with Crippen LogP contribution >= 0.6 is 11.6 Å². The van der Waals surface area contributed by atoms with Crippen molar-refractivity contribution in [2.75, 3.05) is 7.11 Å². The summed E-state index contributed by atoms with van der Waals surface area (Å²) in [6.45, 7) is 0.520. The van der Waals surface area contributed by atoms with E-state index in [-0.39, 0.29) is 17.7 Å². The van der Waals surface area contributed by atoms with E-state index >= 15 is 0 Å². The Hall–Kier alpha value is -3.51. The number of ether oxygens (including phenoxy) is 1. The van der Waals surface area contributed by atoms with Crippen LogP contribution in [0.1, 0.15) is 21.9 Å². The fourth-order valence-corrected chi connectivity index (χ4v) is 3.30. The number of carbonyl (C=O) groups is 1. The number of fused-ring (bicyclic) bond motifs is 1. The van der Waals surface area contributed by atoms with E-state index in [4.69, 9.17) is 25.2 Å². The van der Waals surface area contributed by atoms with Gasteiger partial charge in [0.2, 0.25) is 0 Å². The highest BCUT2D eigenvalue weighted by atomic mass is 35.5. The van der Waals surface area contributed by atoms with Gasteiger partial charge < -0.3 is 18.5 Å². The molecule has 2 aromatic carbocycles. The summed E-state index contributed by atoms with van der Waals surface area (Å²) in [5.74, 6) is 0.875. The number of benzene rings is 2. The van der Waals surface area contributed by atoms with Crippen LogP contribution in [0.25, 0.3) is 11.0 Å². The van der Waals surface area contributed by atoms with Crippen LogP contribution in [0.2, 0.25) is 5.02 Å². The Labute approximate surface area is 177 Å². The van der Waals surface area contributed by atoms with Crippen molar-refractivity contribution in [1.29, 1.82) is 0 Å². The first-order chi connectivity index (χ1) is 14.5. The van der Waals surface area contributed by atoms with E-state index in [0.29, 0.717) is 28.3 Å². The zero-order valence-corrected chi connectivity index (χ0v) is 16.9. The monoisotopic (exact) mass is 423 g/mol. The molecule has 2 aromatic heterocycles. The lowest BCUT2D eigenvalue weighted by molar-refractivity contribution is 0.0686. The normalized spacial score (nSPS) is 10.9. The number of amides is 1. The van der Waals surface area contributed by atoms with Crippen LogP contribution in [-0.2, 0) is 13.1 Å². The molecule has 0 aliphatic heterocycles. The van der Waals surface area contributed by atoms with Crippen molar-refractivity contribution in [3.8, 4) is 5.75 Å². The maximum atomic E-state index is 13.3. The number of methoxy groups -OCH3 is 1. The minimum Gasteiger partial charge on any atom is -0.497 e. The number of furan rings is 1. The Bertz CT molecular complexity index is 1230. The number of halogens is 1. The highest BCUT2D eigenvalue weighted by Crippen LogP contribution is 2.21. The van der Waals surface area contributed by atoms with E-state index in [1.165, 1.54) is 12.1 Å². The predicted molar refractivity (Wildman–Crippen MR) is 113 cm³/mol. The molecule has 152 valence electrons. The standard InChI is InChI=1S/C23H18ClNO5/c1-28-17-7-4-15(5-8-17)13-25(14-18-3-2-10-29-18)23(27)22-12-20(26)19-11-16(24)6-9-21(19)30-22/h2-12H,13-14H2,1H3. The SMILES string of the molecule is COc1ccc(CN(Cc2ccco2)C(=O)c2cc(=O)c3cc(Cl)ccc3o2)cc1. The molecule has 0 spiro atoms. The van der Waals surface area contributed by atoms with Gasteiger partial charge in [0.1, 0.15) is 17.1 Å². The molecular formula is C23H18ClNO5. The summed E-state index contributed by atoms with van der Waals surface area (Å²) in [7, 11) is 1.59. The average molecular weight is 424 g/mol. The highest BCUT2D eigenvalue weighted by molar-refractivity contribution is 6.31. The second-order valence-corrected chi connectivity index (χ2v) is 7.14. The van der Waals surface area contributed by atoms with Gasteiger partial charge in [-0.15, -0.1) is 0 Å². The van der Waals surface area contributed by atoms with Crippen LogP contribution in [0, 0.1) is 0 Å². The molecule has 0 fully saturated rings. The summed E-state index contributed by atoms with van der Waals surface area (Å²) in [6, 6.07) is 16.8. The second kappa shape index (κ2) is 8.47. The molecule has 6 nitrogen and oxygen atoms in total. The van der Waals surface area contributed by atoms with Gasteiger partial charge in [-0.25, -0.2) is 0 Å². The first-order valence-corrected chi connectivity index (χ1v) is 9.59. The van der Waals surface area contributed by atoms with E-state index in [1.54, 1.807) is 42.5 Å². The fourth-order valence-electron chi connectivity index (χ4n) is 3.13. The van der Waals surface area contributed by atoms with Crippen molar-refractivity contribution in [2.24, 2.45) is 0 Å². The second-order valence-electron chi connectivity index (χ2n) is 6.70. The fraction of sp³-hybridized carbons (Fsp3) is 0.130. The third-order valence-electron chi connectivity index (χ3n) is 4.65. The quantitative estimate of drug-likeness (QED) is 0.441. The summed E-state index contributed by atoms with van der Waals surface area (Å²) in [4.78, 5) is 27.3. The molecule has 0 aliphatic carbocycles.